The van der Waals surface area contributed by atoms with Crippen LogP contribution >= 0.6 is 0 Å². The molecule has 9 heteroatoms. The Kier molecular flexibility index (Phi) is 7.78. The van der Waals surface area contributed by atoms with E-state index in [0.717, 1.165) is 43.2 Å². The Morgan fingerprint density at radius 1 is 1.08 bits per heavy atom. The maximum absolute atomic E-state index is 13.7. The summed E-state index contributed by atoms with van der Waals surface area (Å²) in [6.45, 7) is 3.24. The lowest BCUT2D eigenvalue weighted by molar-refractivity contribution is -0.141. The van der Waals surface area contributed by atoms with Crippen molar-refractivity contribution in [2.75, 3.05) is 6.54 Å². The standard InChI is InChI=1S/C27H33N3O5S/c1-3-23(26(32)28-21-12-5-4-6-13-21)29(17-20-11-9-10-19(2)16-20)25(31)18-30-27(33)22-14-7-8-15-24(22)36(30,34)35/h7-11,14-16,21,23H,3-6,12-13,17-18H2,1-2H3,(H,28,32)/t23-/m1/s1. The normalized spacial score (nSPS) is 17.9. The highest BCUT2D eigenvalue weighted by Crippen LogP contribution is 2.30. The Labute approximate surface area is 212 Å². The second kappa shape index (κ2) is 10.8. The molecule has 0 aromatic heterocycles. The lowest BCUT2D eigenvalue weighted by Crippen LogP contribution is -2.53. The first-order chi connectivity index (χ1) is 17.2. The molecule has 36 heavy (non-hydrogen) atoms. The van der Waals surface area contributed by atoms with Crippen molar-refractivity contribution in [3.05, 3.63) is 65.2 Å². The predicted octanol–water partition coefficient (Wildman–Crippen LogP) is 3.40. The van der Waals surface area contributed by atoms with Crippen molar-refractivity contribution in [2.45, 2.75) is 75.9 Å². The maximum atomic E-state index is 13.7. The minimum Gasteiger partial charge on any atom is -0.352 e. The van der Waals surface area contributed by atoms with Gasteiger partial charge in [0.2, 0.25) is 11.8 Å². The van der Waals surface area contributed by atoms with Crippen molar-refractivity contribution in [1.82, 2.24) is 14.5 Å². The molecule has 2 aromatic carbocycles. The van der Waals surface area contributed by atoms with E-state index < -0.39 is 34.4 Å². The first-order valence-corrected chi connectivity index (χ1v) is 14.0. The van der Waals surface area contributed by atoms with Crippen molar-refractivity contribution in [1.29, 1.82) is 0 Å². The molecule has 1 heterocycles. The quantitative estimate of drug-likeness (QED) is 0.585. The van der Waals surface area contributed by atoms with Crippen LogP contribution in [0, 0.1) is 6.92 Å². The summed E-state index contributed by atoms with van der Waals surface area (Å²) >= 11 is 0. The summed E-state index contributed by atoms with van der Waals surface area (Å²) in [5.41, 5.74) is 1.89. The molecule has 192 valence electrons. The lowest BCUT2D eigenvalue weighted by Gasteiger charge is -2.33. The van der Waals surface area contributed by atoms with Crippen LogP contribution in [0.5, 0.6) is 0 Å². The summed E-state index contributed by atoms with van der Waals surface area (Å²) in [5, 5.41) is 3.10. The van der Waals surface area contributed by atoms with E-state index in [9.17, 15) is 22.8 Å². The first-order valence-electron chi connectivity index (χ1n) is 12.5. The summed E-state index contributed by atoms with van der Waals surface area (Å²) in [4.78, 5) is 41.2. The molecular formula is C27H33N3O5S. The Morgan fingerprint density at radius 2 is 1.81 bits per heavy atom. The first kappa shape index (κ1) is 25.9. The Morgan fingerprint density at radius 3 is 2.47 bits per heavy atom. The van der Waals surface area contributed by atoms with Crippen LogP contribution in [-0.4, -0.2) is 54.0 Å². The molecule has 3 amide bonds. The van der Waals surface area contributed by atoms with Crippen LogP contribution in [0.4, 0.5) is 0 Å². The van der Waals surface area contributed by atoms with Gasteiger partial charge in [-0.05, 0) is 43.9 Å². The fourth-order valence-electron chi connectivity index (χ4n) is 5.07. The van der Waals surface area contributed by atoms with Crippen LogP contribution in [0.2, 0.25) is 0 Å². The van der Waals surface area contributed by atoms with Gasteiger partial charge in [-0.2, -0.15) is 0 Å². The number of nitrogens with zero attached hydrogens (tertiary/aromatic N) is 2. The van der Waals surface area contributed by atoms with Gasteiger partial charge in [-0.3, -0.25) is 14.4 Å². The molecule has 1 aliphatic heterocycles. The van der Waals surface area contributed by atoms with E-state index in [0.29, 0.717) is 10.7 Å². The number of benzene rings is 2. The van der Waals surface area contributed by atoms with Crippen LogP contribution in [0.15, 0.2) is 53.4 Å². The zero-order valence-electron chi connectivity index (χ0n) is 20.8. The molecule has 0 saturated heterocycles. The molecule has 0 spiro atoms. The van der Waals surface area contributed by atoms with Gasteiger partial charge in [0, 0.05) is 12.6 Å². The number of carbonyl (C=O) groups is 3. The van der Waals surface area contributed by atoms with E-state index in [1.165, 1.54) is 17.0 Å². The highest BCUT2D eigenvalue weighted by molar-refractivity contribution is 7.90. The van der Waals surface area contributed by atoms with Crippen molar-refractivity contribution in [3.63, 3.8) is 0 Å². The minimum atomic E-state index is -4.14. The molecule has 1 atom stereocenters. The largest absolute Gasteiger partial charge is 0.352 e. The maximum Gasteiger partial charge on any atom is 0.269 e. The SMILES string of the molecule is CC[C@H](C(=O)NC1CCCCC1)N(Cc1cccc(C)c1)C(=O)CN1C(=O)c2ccccc2S1(=O)=O. The zero-order chi connectivity index (χ0) is 25.9. The monoisotopic (exact) mass is 511 g/mol. The van der Waals surface area contributed by atoms with Crippen LogP contribution in [-0.2, 0) is 26.2 Å². The molecule has 1 fully saturated rings. The second-order valence-corrected chi connectivity index (χ2v) is 11.4. The molecule has 1 N–H and O–H groups in total. The van der Waals surface area contributed by atoms with E-state index >= 15 is 0 Å². The predicted molar refractivity (Wildman–Crippen MR) is 135 cm³/mol. The number of rotatable bonds is 8. The zero-order valence-corrected chi connectivity index (χ0v) is 21.6. The van der Waals surface area contributed by atoms with E-state index in [-0.39, 0.29) is 29.0 Å². The summed E-state index contributed by atoms with van der Waals surface area (Å²) in [7, 11) is -4.14. The van der Waals surface area contributed by atoms with Crippen LogP contribution < -0.4 is 5.32 Å². The molecule has 4 rings (SSSR count). The third-order valence-corrected chi connectivity index (χ3v) is 8.75. The molecule has 2 aliphatic rings. The van der Waals surface area contributed by atoms with Gasteiger partial charge in [0.1, 0.15) is 17.5 Å². The van der Waals surface area contributed by atoms with Crippen LogP contribution in [0.1, 0.15) is 66.9 Å². The van der Waals surface area contributed by atoms with Crippen molar-refractivity contribution >= 4 is 27.7 Å². The van der Waals surface area contributed by atoms with E-state index in [4.69, 9.17) is 0 Å². The summed E-state index contributed by atoms with van der Waals surface area (Å²) < 4.78 is 26.7. The minimum absolute atomic E-state index is 0.0533. The van der Waals surface area contributed by atoms with Crippen molar-refractivity contribution in [2.24, 2.45) is 0 Å². The molecule has 1 saturated carbocycles. The smallest absolute Gasteiger partial charge is 0.269 e. The average molecular weight is 512 g/mol. The number of hydrogen-bond donors (Lipinski definition) is 1. The van der Waals surface area contributed by atoms with Gasteiger partial charge in [0.05, 0.1) is 5.56 Å². The fraction of sp³-hybridized carbons (Fsp3) is 0.444. The summed E-state index contributed by atoms with van der Waals surface area (Å²) in [5.74, 6) is -1.56. The number of sulfonamides is 1. The number of hydrogen-bond acceptors (Lipinski definition) is 5. The van der Waals surface area contributed by atoms with Gasteiger partial charge < -0.3 is 10.2 Å². The molecular weight excluding hydrogens is 478 g/mol. The summed E-state index contributed by atoms with van der Waals surface area (Å²) in [6, 6.07) is 12.8. The fourth-order valence-corrected chi connectivity index (χ4v) is 6.59. The van der Waals surface area contributed by atoms with Crippen molar-refractivity contribution in [3.8, 4) is 0 Å². The Hall–Kier alpha value is -3.20. The van der Waals surface area contributed by atoms with Gasteiger partial charge in [-0.1, -0.05) is 68.1 Å². The number of carbonyl (C=O) groups excluding carboxylic acids is 3. The highest BCUT2D eigenvalue weighted by atomic mass is 32.2. The topological polar surface area (TPSA) is 104 Å². The number of amides is 3. The third-order valence-electron chi connectivity index (χ3n) is 6.96. The number of aryl methyl sites for hydroxylation is 1. The van der Waals surface area contributed by atoms with E-state index in [1.807, 2.05) is 38.1 Å². The molecule has 2 aromatic rings. The van der Waals surface area contributed by atoms with Gasteiger partial charge in [0.15, 0.2) is 0 Å². The molecule has 8 nitrogen and oxygen atoms in total. The molecule has 1 aliphatic carbocycles. The van der Waals surface area contributed by atoms with Gasteiger partial charge in [-0.25, -0.2) is 12.7 Å². The average Bonchev–Trinajstić information content (AvgIpc) is 3.05. The molecule has 0 bridgehead atoms. The summed E-state index contributed by atoms with van der Waals surface area (Å²) in [6.07, 6.45) is 5.45. The second-order valence-electron chi connectivity index (χ2n) is 9.59. The van der Waals surface area contributed by atoms with Gasteiger partial charge in [-0.15, -0.1) is 0 Å². The number of fused-ring (bicyclic) bond motifs is 1. The van der Waals surface area contributed by atoms with Gasteiger partial charge in [0.25, 0.3) is 15.9 Å². The Balaban J connectivity index is 1.60. The molecule has 0 unspecified atom stereocenters. The van der Waals surface area contributed by atoms with Crippen molar-refractivity contribution < 1.29 is 22.8 Å². The highest BCUT2D eigenvalue weighted by Gasteiger charge is 2.43. The Bertz CT molecular complexity index is 1250. The van der Waals surface area contributed by atoms with E-state index in [2.05, 4.69) is 5.32 Å². The van der Waals surface area contributed by atoms with Crippen LogP contribution in [0.25, 0.3) is 0 Å². The lowest BCUT2D eigenvalue weighted by atomic mass is 9.95. The third kappa shape index (κ3) is 5.31. The van der Waals surface area contributed by atoms with E-state index in [1.54, 1.807) is 12.1 Å². The number of nitrogens with one attached hydrogen (secondary N) is 1. The van der Waals surface area contributed by atoms with Gasteiger partial charge >= 0.3 is 0 Å². The molecule has 0 radical (unpaired) electrons. The van der Waals surface area contributed by atoms with Crippen LogP contribution in [0.3, 0.4) is 0 Å².